The van der Waals surface area contributed by atoms with Crippen molar-refractivity contribution in [2.45, 2.75) is 44.7 Å². The zero-order valence-corrected chi connectivity index (χ0v) is 12.8. The predicted molar refractivity (Wildman–Crippen MR) is 82.8 cm³/mol. The first-order valence-corrected chi connectivity index (χ1v) is 7.75. The molecule has 1 fully saturated rings. The molecule has 110 valence electrons. The minimum Gasteiger partial charge on any atom is -0.341 e. The number of amides is 1. The van der Waals surface area contributed by atoms with Crippen molar-refractivity contribution < 1.29 is 4.79 Å². The van der Waals surface area contributed by atoms with Crippen molar-refractivity contribution in [2.75, 3.05) is 13.6 Å². The van der Waals surface area contributed by atoms with Crippen molar-refractivity contribution in [1.82, 2.24) is 10.2 Å². The van der Waals surface area contributed by atoms with E-state index in [4.69, 9.17) is 11.6 Å². The summed E-state index contributed by atoms with van der Waals surface area (Å²) >= 11 is 6.12. The fourth-order valence-electron chi connectivity index (χ4n) is 2.63. The molecule has 1 aliphatic rings. The number of piperidine rings is 1. The van der Waals surface area contributed by atoms with Crippen LogP contribution in [-0.4, -0.2) is 30.4 Å². The highest BCUT2D eigenvalue weighted by atomic mass is 35.5. The molecule has 3 nitrogen and oxygen atoms in total. The van der Waals surface area contributed by atoms with Crippen molar-refractivity contribution >= 4 is 17.5 Å². The Morgan fingerprint density at radius 3 is 2.90 bits per heavy atom. The van der Waals surface area contributed by atoms with Gasteiger partial charge in [-0.2, -0.15) is 0 Å². The first kappa shape index (κ1) is 15.3. The summed E-state index contributed by atoms with van der Waals surface area (Å²) in [5.41, 5.74) is 1.00. The van der Waals surface area contributed by atoms with Gasteiger partial charge in [0.1, 0.15) is 0 Å². The van der Waals surface area contributed by atoms with Gasteiger partial charge >= 0.3 is 0 Å². The van der Waals surface area contributed by atoms with E-state index in [-0.39, 0.29) is 5.91 Å². The van der Waals surface area contributed by atoms with Gasteiger partial charge in [-0.1, -0.05) is 36.2 Å². The highest BCUT2D eigenvalue weighted by Crippen LogP contribution is 2.17. The molecule has 1 unspecified atom stereocenters. The quantitative estimate of drug-likeness (QED) is 0.904. The van der Waals surface area contributed by atoms with Gasteiger partial charge in [0, 0.05) is 31.1 Å². The molecule has 0 aliphatic carbocycles. The smallest absolute Gasteiger partial charge is 0.222 e. The molecular weight excluding hydrogens is 272 g/mol. The third-order valence-corrected chi connectivity index (χ3v) is 4.28. The van der Waals surface area contributed by atoms with Gasteiger partial charge < -0.3 is 10.2 Å². The SMILES string of the molecule is CN(Cc1ccccc1Cl)C(=O)CCC1CCCCN1. The van der Waals surface area contributed by atoms with Crippen LogP contribution in [-0.2, 0) is 11.3 Å². The molecule has 1 aromatic rings. The van der Waals surface area contributed by atoms with Crippen LogP contribution in [0, 0.1) is 0 Å². The molecule has 1 aromatic carbocycles. The maximum atomic E-state index is 12.2. The minimum absolute atomic E-state index is 0.192. The van der Waals surface area contributed by atoms with E-state index < -0.39 is 0 Å². The molecule has 1 atom stereocenters. The Balaban J connectivity index is 1.78. The third-order valence-electron chi connectivity index (χ3n) is 3.91. The second-order valence-electron chi connectivity index (χ2n) is 5.53. The van der Waals surface area contributed by atoms with Crippen LogP contribution >= 0.6 is 11.6 Å². The van der Waals surface area contributed by atoms with E-state index in [2.05, 4.69) is 5.32 Å². The van der Waals surface area contributed by atoms with Crippen molar-refractivity contribution in [3.05, 3.63) is 34.9 Å². The van der Waals surface area contributed by atoms with Crippen LogP contribution in [0.5, 0.6) is 0 Å². The third kappa shape index (κ3) is 4.50. The summed E-state index contributed by atoms with van der Waals surface area (Å²) in [5.74, 6) is 0.192. The summed E-state index contributed by atoms with van der Waals surface area (Å²) in [6.07, 6.45) is 5.28. The lowest BCUT2D eigenvalue weighted by molar-refractivity contribution is -0.130. The number of benzene rings is 1. The van der Waals surface area contributed by atoms with Crippen molar-refractivity contribution in [2.24, 2.45) is 0 Å². The average molecular weight is 295 g/mol. The van der Waals surface area contributed by atoms with Gasteiger partial charge in [0.05, 0.1) is 0 Å². The van der Waals surface area contributed by atoms with E-state index >= 15 is 0 Å². The van der Waals surface area contributed by atoms with Crippen LogP contribution in [0.25, 0.3) is 0 Å². The lowest BCUT2D eigenvalue weighted by atomic mass is 10.0. The molecule has 1 heterocycles. The number of hydrogen-bond donors (Lipinski definition) is 1. The zero-order valence-electron chi connectivity index (χ0n) is 12.1. The van der Waals surface area contributed by atoms with Crippen LogP contribution in [0.4, 0.5) is 0 Å². The Morgan fingerprint density at radius 1 is 1.40 bits per heavy atom. The molecule has 20 heavy (non-hydrogen) atoms. The molecule has 0 bridgehead atoms. The van der Waals surface area contributed by atoms with Gasteiger partial charge in [-0.25, -0.2) is 0 Å². The summed E-state index contributed by atoms with van der Waals surface area (Å²) in [6.45, 7) is 1.67. The van der Waals surface area contributed by atoms with Gasteiger partial charge in [-0.15, -0.1) is 0 Å². The van der Waals surface area contributed by atoms with Crippen LogP contribution in [0.15, 0.2) is 24.3 Å². The van der Waals surface area contributed by atoms with Crippen molar-refractivity contribution in [3.8, 4) is 0 Å². The summed E-state index contributed by atoms with van der Waals surface area (Å²) in [4.78, 5) is 13.9. The predicted octanol–water partition coefficient (Wildman–Crippen LogP) is 3.22. The van der Waals surface area contributed by atoms with Crippen LogP contribution in [0.3, 0.4) is 0 Å². The number of carbonyl (C=O) groups is 1. The van der Waals surface area contributed by atoms with Crippen molar-refractivity contribution in [1.29, 1.82) is 0 Å². The van der Waals surface area contributed by atoms with Gasteiger partial charge in [-0.3, -0.25) is 4.79 Å². The fraction of sp³-hybridized carbons (Fsp3) is 0.562. The Bertz CT molecular complexity index is 444. The Labute approximate surface area is 126 Å². The first-order valence-electron chi connectivity index (χ1n) is 7.37. The minimum atomic E-state index is 0.192. The number of rotatable bonds is 5. The van der Waals surface area contributed by atoms with E-state index in [1.165, 1.54) is 19.3 Å². The molecule has 2 rings (SSSR count). The number of nitrogens with zero attached hydrogens (tertiary/aromatic N) is 1. The molecular formula is C16H23ClN2O. The van der Waals surface area contributed by atoms with E-state index in [0.29, 0.717) is 19.0 Å². The maximum absolute atomic E-state index is 12.2. The number of carbonyl (C=O) groups excluding carboxylic acids is 1. The number of halogens is 1. The summed E-state index contributed by atoms with van der Waals surface area (Å²) in [5, 5.41) is 4.20. The van der Waals surface area contributed by atoms with Crippen LogP contribution in [0.1, 0.15) is 37.7 Å². The summed E-state index contributed by atoms with van der Waals surface area (Å²) in [6, 6.07) is 8.20. The molecule has 1 N–H and O–H groups in total. The zero-order chi connectivity index (χ0) is 14.4. The lowest BCUT2D eigenvalue weighted by Crippen LogP contribution is -2.35. The largest absolute Gasteiger partial charge is 0.341 e. The van der Waals surface area contributed by atoms with Gasteiger partial charge in [0.25, 0.3) is 0 Å². The first-order chi connectivity index (χ1) is 9.66. The normalized spacial score (nSPS) is 18.8. The van der Waals surface area contributed by atoms with E-state index in [9.17, 15) is 4.79 Å². The Kier molecular flexibility index (Phi) is 5.86. The number of nitrogens with one attached hydrogen (secondary N) is 1. The van der Waals surface area contributed by atoms with Crippen molar-refractivity contribution in [3.63, 3.8) is 0 Å². The van der Waals surface area contributed by atoms with Gasteiger partial charge in [0.2, 0.25) is 5.91 Å². The molecule has 1 saturated heterocycles. The highest BCUT2D eigenvalue weighted by Gasteiger charge is 2.16. The monoisotopic (exact) mass is 294 g/mol. The van der Waals surface area contributed by atoms with Crippen LogP contribution < -0.4 is 5.32 Å². The second-order valence-corrected chi connectivity index (χ2v) is 5.93. The highest BCUT2D eigenvalue weighted by molar-refractivity contribution is 6.31. The lowest BCUT2D eigenvalue weighted by Gasteiger charge is -2.24. The van der Waals surface area contributed by atoms with E-state index in [1.807, 2.05) is 31.3 Å². The Morgan fingerprint density at radius 2 is 2.20 bits per heavy atom. The molecule has 1 aliphatic heterocycles. The van der Waals surface area contributed by atoms with Gasteiger partial charge in [0.15, 0.2) is 0 Å². The molecule has 0 spiro atoms. The maximum Gasteiger partial charge on any atom is 0.222 e. The molecule has 0 radical (unpaired) electrons. The Hall–Kier alpha value is -1.06. The molecule has 4 heteroatoms. The topological polar surface area (TPSA) is 32.3 Å². The molecule has 1 amide bonds. The van der Waals surface area contributed by atoms with E-state index in [1.54, 1.807) is 4.90 Å². The molecule has 0 saturated carbocycles. The summed E-state index contributed by atoms with van der Waals surface area (Å²) in [7, 11) is 1.85. The number of hydrogen-bond acceptors (Lipinski definition) is 2. The summed E-state index contributed by atoms with van der Waals surface area (Å²) < 4.78 is 0. The average Bonchev–Trinajstić information content (AvgIpc) is 2.48. The van der Waals surface area contributed by atoms with Gasteiger partial charge in [-0.05, 0) is 37.4 Å². The van der Waals surface area contributed by atoms with Crippen LogP contribution in [0.2, 0.25) is 5.02 Å². The molecule has 0 aromatic heterocycles. The standard InChI is InChI=1S/C16H23ClN2O/c1-19(12-13-6-2-3-8-15(13)17)16(20)10-9-14-7-4-5-11-18-14/h2-3,6,8,14,18H,4-5,7,9-12H2,1H3. The van der Waals surface area contributed by atoms with E-state index in [0.717, 1.165) is 23.6 Å². The second kappa shape index (κ2) is 7.65. The fourth-order valence-corrected chi connectivity index (χ4v) is 2.82.